The highest BCUT2D eigenvalue weighted by atomic mass is 35.5. The predicted molar refractivity (Wildman–Crippen MR) is 97.7 cm³/mol. The van der Waals surface area contributed by atoms with Crippen LogP contribution in [-0.2, 0) is 0 Å². The lowest BCUT2D eigenvalue weighted by atomic mass is 10.3. The average molecular weight is 356 g/mol. The standard InChI is InChI=1S/C18H14ClN3O3/c1-25-16-7-5-14(6-8-16)21-10-2-3-15(21)12-20-13-4-9-17(19)18(11-13)22(23)24/h2-12H,1H3. The first-order valence-electron chi connectivity index (χ1n) is 7.38. The number of rotatable bonds is 5. The van der Waals surface area contributed by atoms with Crippen molar-refractivity contribution in [2.24, 2.45) is 4.99 Å². The molecule has 0 N–H and O–H groups in total. The van der Waals surface area contributed by atoms with Gasteiger partial charge in [0.05, 0.1) is 29.6 Å². The van der Waals surface area contributed by atoms with Crippen molar-refractivity contribution in [1.82, 2.24) is 4.57 Å². The molecule has 126 valence electrons. The third-order valence-corrected chi connectivity index (χ3v) is 3.92. The van der Waals surface area contributed by atoms with E-state index in [0.29, 0.717) is 5.69 Å². The molecule has 0 fully saturated rings. The molecule has 0 saturated carbocycles. The summed E-state index contributed by atoms with van der Waals surface area (Å²) in [5, 5.41) is 11.0. The minimum absolute atomic E-state index is 0.0885. The summed E-state index contributed by atoms with van der Waals surface area (Å²) in [7, 11) is 1.62. The van der Waals surface area contributed by atoms with E-state index >= 15 is 0 Å². The molecule has 3 aromatic rings. The number of nitro groups is 1. The van der Waals surface area contributed by atoms with Crippen LogP contribution in [0, 0.1) is 10.1 Å². The molecule has 0 radical (unpaired) electrons. The van der Waals surface area contributed by atoms with Crippen molar-refractivity contribution in [3.8, 4) is 11.4 Å². The fourth-order valence-corrected chi connectivity index (χ4v) is 2.53. The van der Waals surface area contributed by atoms with Gasteiger partial charge in [-0.3, -0.25) is 15.1 Å². The van der Waals surface area contributed by atoms with Crippen molar-refractivity contribution in [3.05, 3.63) is 81.6 Å². The smallest absolute Gasteiger partial charge is 0.290 e. The lowest BCUT2D eigenvalue weighted by Crippen LogP contribution is -1.97. The Morgan fingerprint density at radius 1 is 1.20 bits per heavy atom. The number of methoxy groups -OCH3 is 1. The molecule has 0 unspecified atom stereocenters. The minimum Gasteiger partial charge on any atom is -0.497 e. The van der Waals surface area contributed by atoms with E-state index in [1.54, 1.807) is 19.4 Å². The van der Waals surface area contributed by atoms with Crippen LogP contribution in [0.25, 0.3) is 5.69 Å². The number of ether oxygens (including phenoxy) is 1. The number of nitrogens with zero attached hydrogens (tertiary/aromatic N) is 3. The topological polar surface area (TPSA) is 69.7 Å². The highest BCUT2D eigenvalue weighted by Crippen LogP contribution is 2.28. The third-order valence-electron chi connectivity index (χ3n) is 3.60. The number of aromatic nitrogens is 1. The van der Waals surface area contributed by atoms with Gasteiger partial charge in [-0.25, -0.2) is 0 Å². The second-order valence-corrected chi connectivity index (χ2v) is 5.56. The Bertz CT molecular complexity index is 933. The first kappa shape index (κ1) is 16.7. The highest BCUT2D eigenvalue weighted by molar-refractivity contribution is 6.32. The fourth-order valence-electron chi connectivity index (χ4n) is 2.34. The summed E-state index contributed by atoms with van der Waals surface area (Å²) in [4.78, 5) is 14.7. The van der Waals surface area contributed by atoms with Crippen molar-refractivity contribution < 1.29 is 9.66 Å². The molecule has 0 aliphatic rings. The van der Waals surface area contributed by atoms with Crippen molar-refractivity contribution in [1.29, 1.82) is 0 Å². The van der Waals surface area contributed by atoms with E-state index in [0.717, 1.165) is 17.1 Å². The summed E-state index contributed by atoms with van der Waals surface area (Å²) in [6.07, 6.45) is 3.56. The van der Waals surface area contributed by atoms with Crippen LogP contribution < -0.4 is 4.74 Å². The van der Waals surface area contributed by atoms with E-state index in [1.807, 2.05) is 47.2 Å². The Balaban J connectivity index is 1.89. The first-order valence-corrected chi connectivity index (χ1v) is 7.76. The number of hydrogen-bond acceptors (Lipinski definition) is 4. The van der Waals surface area contributed by atoms with Gasteiger partial charge < -0.3 is 9.30 Å². The Hall–Kier alpha value is -3.12. The molecule has 0 aliphatic heterocycles. The Labute approximate surface area is 149 Å². The van der Waals surface area contributed by atoms with E-state index in [2.05, 4.69) is 4.99 Å². The van der Waals surface area contributed by atoms with E-state index < -0.39 is 4.92 Å². The van der Waals surface area contributed by atoms with Gasteiger partial charge in [-0.2, -0.15) is 0 Å². The molecule has 1 heterocycles. The molecule has 2 aromatic carbocycles. The van der Waals surface area contributed by atoms with Gasteiger partial charge in [-0.1, -0.05) is 11.6 Å². The molecule has 7 heteroatoms. The molecule has 0 saturated heterocycles. The number of hydrogen-bond donors (Lipinski definition) is 0. The molecule has 0 atom stereocenters. The van der Waals surface area contributed by atoms with Crippen LogP contribution >= 0.6 is 11.6 Å². The summed E-state index contributed by atoms with van der Waals surface area (Å²) in [5.41, 5.74) is 2.08. The number of nitro benzene ring substituents is 1. The van der Waals surface area contributed by atoms with Crippen molar-refractivity contribution in [2.75, 3.05) is 7.11 Å². The summed E-state index contributed by atoms with van der Waals surface area (Å²) in [5.74, 6) is 0.777. The number of benzene rings is 2. The summed E-state index contributed by atoms with van der Waals surface area (Å²) in [6.45, 7) is 0. The zero-order valence-electron chi connectivity index (χ0n) is 13.3. The molecular weight excluding hydrogens is 342 g/mol. The first-order chi connectivity index (χ1) is 12.1. The van der Waals surface area contributed by atoms with Gasteiger partial charge in [0.1, 0.15) is 10.8 Å². The lowest BCUT2D eigenvalue weighted by Gasteiger charge is -2.07. The SMILES string of the molecule is COc1ccc(-n2cccc2C=Nc2ccc(Cl)c([N+](=O)[O-])c2)cc1. The summed E-state index contributed by atoms with van der Waals surface area (Å²) in [6, 6.07) is 15.9. The maximum absolute atomic E-state index is 11.0. The highest BCUT2D eigenvalue weighted by Gasteiger charge is 2.12. The molecule has 0 bridgehead atoms. The molecule has 0 amide bonds. The van der Waals surface area contributed by atoms with Gasteiger partial charge in [0, 0.05) is 18.0 Å². The van der Waals surface area contributed by atoms with E-state index in [1.165, 1.54) is 12.1 Å². The third kappa shape index (κ3) is 3.70. The quantitative estimate of drug-likeness (QED) is 0.375. The largest absolute Gasteiger partial charge is 0.497 e. The van der Waals surface area contributed by atoms with E-state index in [4.69, 9.17) is 16.3 Å². The van der Waals surface area contributed by atoms with Gasteiger partial charge in [0.25, 0.3) is 5.69 Å². The zero-order chi connectivity index (χ0) is 17.8. The monoisotopic (exact) mass is 355 g/mol. The van der Waals surface area contributed by atoms with Crippen LogP contribution in [0.2, 0.25) is 5.02 Å². The summed E-state index contributed by atoms with van der Waals surface area (Å²) < 4.78 is 7.11. The number of aliphatic imine (C=N–C) groups is 1. The summed E-state index contributed by atoms with van der Waals surface area (Å²) >= 11 is 5.81. The Kier molecular flexibility index (Phi) is 4.81. The van der Waals surface area contributed by atoms with Crippen molar-refractivity contribution in [2.45, 2.75) is 0 Å². The van der Waals surface area contributed by atoms with Gasteiger partial charge in [-0.05, 0) is 48.5 Å². The van der Waals surface area contributed by atoms with Gasteiger partial charge in [-0.15, -0.1) is 0 Å². The van der Waals surface area contributed by atoms with Crippen LogP contribution in [0.1, 0.15) is 5.69 Å². The molecular formula is C18H14ClN3O3. The molecule has 1 aromatic heterocycles. The predicted octanol–water partition coefficient (Wildman–Crippen LogP) is 4.80. The Morgan fingerprint density at radius 2 is 1.96 bits per heavy atom. The molecule has 3 rings (SSSR count). The van der Waals surface area contributed by atoms with E-state index in [-0.39, 0.29) is 10.7 Å². The normalized spacial score (nSPS) is 11.0. The maximum atomic E-state index is 11.0. The van der Waals surface area contributed by atoms with E-state index in [9.17, 15) is 10.1 Å². The second-order valence-electron chi connectivity index (χ2n) is 5.15. The van der Waals surface area contributed by atoms with Gasteiger partial charge >= 0.3 is 0 Å². The molecule has 6 nitrogen and oxygen atoms in total. The second kappa shape index (κ2) is 7.19. The zero-order valence-corrected chi connectivity index (χ0v) is 14.1. The lowest BCUT2D eigenvalue weighted by molar-refractivity contribution is -0.384. The maximum Gasteiger partial charge on any atom is 0.290 e. The number of halogens is 1. The molecule has 0 spiro atoms. The van der Waals surface area contributed by atoms with Crippen LogP contribution in [0.15, 0.2) is 65.8 Å². The van der Waals surface area contributed by atoms with Crippen LogP contribution in [-0.4, -0.2) is 22.8 Å². The Morgan fingerprint density at radius 3 is 2.64 bits per heavy atom. The minimum atomic E-state index is -0.526. The van der Waals surface area contributed by atoms with Crippen LogP contribution in [0.3, 0.4) is 0 Å². The van der Waals surface area contributed by atoms with Crippen LogP contribution in [0.4, 0.5) is 11.4 Å². The average Bonchev–Trinajstić information content (AvgIpc) is 3.09. The molecule has 25 heavy (non-hydrogen) atoms. The molecule has 0 aliphatic carbocycles. The van der Waals surface area contributed by atoms with Gasteiger partial charge in [0.2, 0.25) is 0 Å². The van der Waals surface area contributed by atoms with Crippen molar-refractivity contribution in [3.63, 3.8) is 0 Å². The van der Waals surface area contributed by atoms with Gasteiger partial charge in [0.15, 0.2) is 0 Å². The van der Waals surface area contributed by atoms with Crippen molar-refractivity contribution >= 4 is 29.2 Å². The fraction of sp³-hybridized carbons (Fsp3) is 0.0556. The van der Waals surface area contributed by atoms with Crippen LogP contribution in [0.5, 0.6) is 5.75 Å².